The predicted molar refractivity (Wildman–Crippen MR) is 126 cm³/mol. The summed E-state index contributed by atoms with van der Waals surface area (Å²) < 4.78 is 0. The lowest BCUT2D eigenvalue weighted by atomic mass is 10.0. The summed E-state index contributed by atoms with van der Waals surface area (Å²) in [5.41, 5.74) is 1.41. The van der Waals surface area contributed by atoms with E-state index in [1.165, 1.54) is 0 Å². The molecule has 194 valence electrons. The van der Waals surface area contributed by atoms with E-state index in [0.29, 0.717) is 18.5 Å². The Morgan fingerprint density at radius 1 is 0.972 bits per heavy atom. The Balaban J connectivity index is 1.82. The van der Waals surface area contributed by atoms with E-state index < -0.39 is 66.9 Å². The van der Waals surface area contributed by atoms with Crippen LogP contribution in [0.5, 0.6) is 0 Å². The fraction of sp³-hybridized carbons (Fsp3) is 0.435. The maximum atomic E-state index is 13.1. The summed E-state index contributed by atoms with van der Waals surface area (Å²) in [6.45, 7) is -0.253. The number of amides is 3. The van der Waals surface area contributed by atoms with Gasteiger partial charge in [0.1, 0.15) is 18.1 Å². The van der Waals surface area contributed by atoms with Gasteiger partial charge in [0, 0.05) is 23.5 Å². The molecule has 1 aliphatic rings. The zero-order valence-corrected chi connectivity index (χ0v) is 19.3. The third-order valence-electron chi connectivity index (χ3n) is 5.92. The van der Waals surface area contributed by atoms with Gasteiger partial charge in [-0.05, 0) is 31.0 Å². The molecule has 1 fully saturated rings. The lowest BCUT2D eigenvalue weighted by Gasteiger charge is -2.24. The third-order valence-corrected chi connectivity index (χ3v) is 5.92. The van der Waals surface area contributed by atoms with Gasteiger partial charge in [0.25, 0.3) is 0 Å². The van der Waals surface area contributed by atoms with Gasteiger partial charge >= 0.3 is 11.9 Å². The Labute approximate surface area is 205 Å². The van der Waals surface area contributed by atoms with Crippen LogP contribution in [0.1, 0.15) is 24.8 Å². The number of rotatable bonds is 12. The number of carbonyl (C=O) groups excluding carboxylic acids is 3. The largest absolute Gasteiger partial charge is 0.481 e. The molecule has 0 radical (unpaired) electrons. The second kappa shape index (κ2) is 12.1. The second-order valence-corrected chi connectivity index (χ2v) is 8.51. The Morgan fingerprint density at radius 3 is 2.31 bits per heavy atom. The molecule has 13 nitrogen and oxygen atoms in total. The standard InChI is InChI=1S/C23H29N5O8/c29-11-18(23(35)36)28-21(33)16(8-12-10-25-14-5-2-1-4-13(12)14)26-22(34)17(9-19(30)31)27-20(32)15-6-3-7-24-15/h1-2,4-5,10,15-18,24-25,29H,3,6-9,11H2,(H,26,34)(H,27,32)(H,28,33)(H,30,31)(H,35,36). The van der Waals surface area contributed by atoms with Gasteiger partial charge in [0.05, 0.1) is 19.1 Å². The van der Waals surface area contributed by atoms with Gasteiger partial charge in [-0.25, -0.2) is 4.79 Å². The van der Waals surface area contributed by atoms with Crippen LogP contribution in [-0.4, -0.2) is 87.3 Å². The molecule has 1 aromatic heterocycles. The number of aromatic amines is 1. The van der Waals surface area contributed by atoms with Crippen LogP contribution in [-0.2, 0) is 30.4 Å². The molecule has 4 unspecified atom stereocenters. The van der Waals surface area contributed by atoms with Gasteiger partial charge in [0.15, 0.2) is 0 Å². The molecule has 2 aromatic rings. The van der Waals surface area contributed by atoms with Crippen LogP contribution < -0.4 is 21.3 Å². The molecule has 0 saturated carbocycles. The van der Waals surface area contributed by atoms with Crippen LogP contribution in [0.3, 0.4) is 0 Å². The molecule has 0 bridgehead atoms. The molecular weight excluding hydrogens is 474 g/mol. The van der Waals surface area contributed by atoms with E-state index in [4.69, 9.17) is 0 Å². The number of nitrogens with one attached hydrogen (secondary N) is 5. The molecular formula is C23H29N5O8. The van der Waals surface area contributed by atoms with Crippen molar-refractivity contribution >= 4 is 40.6 Å². The molecule has 3 amide bonds. The topological polar surface area (TPSA) is 210 Å². The molecule has 1 saturated heterocycles. The van der Waals surface area contributed by atoms with Crippen LogP contribution in [0, 0.1) is 0 Å². The fourth-order valence-electron chi connectivity index (χ4n) is 4.02. The number of para-hydroxylation sites is 1. The normalized spacial score (nSPS) is 17.6. The monoisotopic (exact) mass is 503 g/mol. The van der Waals surface area contributed by atoms with Gasteiger partial charge < -0.3 is 41.6 Å². The van der Waals surface area contributed by atoms with Crippen LogP contribution in [0.4, 0.5) is 0 Å². The number of hydrogen-bond donors (Lipinski definition) is 8. The maximum Gasteiger partial charge on any atom is 0.328 e. The fourth-order valence-corrected chi connectivity index (χ4v) is 4.02. The number of aromatic nitrogens is 1. The van der Waals surface area contributed by atoms with Gasteiger partial charge in [0.2, 0.25) is 17.7 Å². The highest BCUT2D eigenvalue weighted by Crippen LogP contribution is 2.19. The van der Waals surface area contributed by atoms with Crippen LogP contribution in [0.25, 0.3) is 10.9 Å². The van der Waals surface area contributed by atoms with Crippen LogP contribution >= 0.6 is 0 Å². The molecule has 1 aliphatic heterocycles. The highest BCUT2D eigenvalue weighted by molar-refractivity contribution is 5.96. The number of carboxylic acid groups (broad SMARTS) is 2. The molecule has 2 heterocycles. The first-order valence-electron chi connectivity index (χ1n) is 11.4. The number of benzene rings is 1. The highest BCUT2D eigenvalue weighted by atomic mass is 16.4. The van der Waals surface area contributed by atoms with E-state index in [0.717, 1.165) is 17.3 Å². The minimum Gasteiger partial charge on any atom is -0.481 e. The summed E-state index contributed by atoms with van der Waals surface area (Å²) in [6.07, 6.45) is 2.14. The number of H-pyrrole nitrogens is 1. The zero-order valence-electron chi connectivity index (χ0n) is 19.3. The Bertz CT molecular complexity index is 1130. The lowest BCUT2D eigenvalue weighted by molar-refractivity contribution is -0.144. The first-order valence-corrected chi connectivity index (χ1v) is 11.4. The summed E-state index contributed by atoms with van der Waals surface area (Å²) in [5.74, 6) is -5.15. The summed E-state index contributed by atoms with van der Waals surface area (Å²) >= 11 is 0. The Kier molecular flexibility index (Phi) is 8.97. The van der Waals surface area contributed by atoms with E-state index in [1.54, 1.807) is 18.3 Å². The molecule has 3 rings (SSSR count). The molecule has 0 aliphatic carbocycles. The maximum absolute atomic E-state index is 13.1. The third kappa shape index (κ3) is 6.79. The van der Waals surface area contributed by atoms with Crippen molar-refractivity contribution in [2.45, 2.75) is 49.9 Å². The zero-order chi connectivity index (χ0) is 26.2. The van der Waals surface area contributed by atoms with Gasteiger partial charge in [-0.3, -0.25) is 19.2 Å². The highest BCUT2D eigenvalue weighted by Gasteiger charge is 2.33. The Morgan fingerprint density at radius 2 is 1.67 bits per heavy atom. The van der Waals surface area contributed by atoms with Crippen molar-refractivity contribution in [2.24, 2.45) is 0 Å². The van der Waals surface area contributed by atoms with Gasteiger partial charge in [-0.1, -0.05) is 18.2 Å². The predicted octanol–water partition coefficient (Wildman–Crippen LogP) is -1.53. The number of hydrogen-bond acceptors (Lipinski definition) is 7. The molecule has 36 heavy (non-hydrogen) atoms. The van der Waals surface area contributed by atoms with Crippen molar-refractivity contribution in [1.29, 1.82) is 0 Å². The SMILES string of the molecule is O=C(O)CC(NC(=O)C1CCCN1)C(=O)NC(Cc1c[nH]c2ccccc12)C(=O)NC(CO)C(=O)O. The van der Waals surface area contributed by atoms with E-state index in [1.807, 2.05) is 12.1 Å². The average molecular weight is 504 g/mol. The summed E-state index contributed by atoms with van der Waals surface area (Å²) in [6, 6.07) is 2.25. The number of aliphatic hydroxyl groups is 1. The molecule has 13 heteroatoms. The first-order chi connectivity index (χ1) is 17.2. The summed E-state index contributed by atoms with van der Waals surface area (Å²) in [4.78, 5) is 64.2. The van der Waals surface area contributed by atoms with E-state index >= 15 is 0 Å². The molecule has 1 aromatic carbocycles. The van der Waals surface area contributed by atoms with Crippen LogP contribution in [0.2, 0.25) is 0 Å². The number of aliphatic hydroxyl groups excluding tert-OH is 1. The van der Waals surface area contributed by atoms with Crippen molar-refractivity contribution in [3.05, 3.63) is 36.0 Å². The number of carbonyl (C=O) groups is 5. The number of aliphatic carboxylic acids is 2. The summed E-state index contributed by atoms with van der Waals surface area (Å²) in [7, 11) is 0. The van der Waals surface area contributed by atoms with Crippen molar-refractivity contribution in [3.63, 3.8) is 0 Å². The first kappa shape index (κ1) is 26.6. The number of fused-ring (bicyclic) bond motifs is 1. The summed E-state index contributed by atoms with van der Waals surface area (Å²) in [5, 5.41) is 38.5. The van der Waals surface area contributed by atoms with E-state index in [2.05, 4.69) is 26.3 Å². The van der Waals surface area contributed by atoms with E-state index in [-0.39, 0.29) is 6.42 Å². The molecule has 4 atom stereocenters. The number of carboxylic acids is 2. The molecule has 8 N–H and O–H groups in total. The van der Waals surface area contributed by atoms with E-state index in [9.17, 15) is 39.3 Å². The second-order valence-electron chi connectivity index (χ2n) is 8.51. The van der Waals surface area contributed by atoms with Gasteiger partial charge in [-0.2, -0.15) is 0 Å². The van der Waals surface area contributed by atoms with Crippen molar-refractivity contribution in [3.8, 4) is 0 Å². The minimum absolute atomic E-state index is 0.0722. The quantitative estimate of drug-likeness (QED) is 0.169. The van der Waals surface area contributed by atoms with Crippen molar-refractivity contribution < 1.29 is 39.3 Å². The van der Waals surface area contributed by atoms with Gasteiger partial charge in [-0.15, -0.1) is 0 Å². The minimum atomic E-state index is -1.61. The lowest BCUT2D eigenvalue weighted by Crippen LogP contribution is -2.58. The van der Waals surface area contributed by atoms with Crippen molar-refractivity contribution in [2.75, 3.05) is 13.2 Å². The Hall–Kier alpha value is -3.97. The van der Waals surface area contributed by atoms with Crippen molar-refractivity contribution in [1.82, 2.24) is 26.3 Å². The average Bonchev–Trinajstić information content (AvgIpc) is 3.51. The smallest absolute Gasteiger partial charge is 0.328 e. The van der Waals surface area contributed by atoms with Crippen LogP contribution in [0.15, 0.2) is 30.5 Å². The molecule has 0 spiro atoms.